The molecule has 0 saturated carbocycles. The summed E-state index contributed by atoms with van der Waals surface area (Å²) in [5, 5.41) is 7.66. The van der Waals surface area contributed by atoms with E-state index in [9.17, 15) is 0 Å². The monoisotopic (exact) mass is 617 g/mol. The van der Waals surface area contributed by atoms with E-state index in [-0.39, 0.29) is 5.41 Å². The van der Waals surface area contributed by atoms with Crippen LogP contribution in [0.25, 0.3) is 65.5 Å². The molecular formula is C45H35N3. The third-order valence-electron chi connectivity index (χ3n) is 11.1. The number of fused-ring (bicyclic) bond motifs is 11. The van der Waals surface area contributed by atoms with Crippen molar-refractivity contribution in [1.82, 2.24) is 9.13 Å². The molecule has 230 valence electrons. The van der Waals surface area contributed by atoms with Crippen molar-refractivity contribution < 1.29 is 0 Å². The highest BCUT2D eigenvalue weighted by Crippen LogP contribution is 2.54. The van der Waals surface area contributed by atoms with E-state index in [1.165, 1.54) is 82.3 Å². The van der Waals surface area contributed by atoms with Gasteiger partial charge in [0, 0.05) is 68.8 Å². The third-order valence-corrected chi connectivity index (χ3v) is 11.1. The van der Waals surface area contributed by atoms with E-state index in [1.54, 1.807) is 0 Å². The number of aryl methyl sites for hydroxylation is 2. The maximum absolute atomic E-state index is 2.50. The quantitative estimate of drug-likeness (QED) is 0.192. The number of aromatic nitrogens is 2. The molecule has 1 aliphatic carbocycles. The van der Waals surface area contributed by atoms with Gasteiger partial charge in [-0.05, 0) is 70.1 Å². The van der Waals surface area contributed by atoms with Gasteiger partial charge in [0.1, 0.15) is 0 Å². The van der Waals surface area contributed by atoms with Gasteiger partial charge in [-0.1, -0.05) is 111 Å². The summed E-state index contributed by atoms with van der Waals surface area (Å²) in [5.74, 6) is 0. The van der Waals surface area contributed by atoms with Gasteiger partial charge in [-0.3, -0.25) is 0 Å². The molecule has 2 aromatic heterocycles. The predicted molar refractivity (Wildman–Crippen MR) is 204 cm³/mol. The first-order chi connectivity index (χ1) is 23.4. The molecule has 3 heteroatoms. The van der Waals surface area contributed by atoms with Crippen LogP contribution in [0.3, 0.4) is 0 Å². The minimum absolute atomic E-state index is 0.129. The van der Waals surface area contributed by atoms with E-state index in [0.717, 1.165) is 11.4 Å². The van der Waals surface area contributed by atoms with Crippen molar-refractivity contribution in [2.45, 2.75) is 19.3 Å². The van der Waals surface area contributed by atoms with E-state index in [0.29, 0.717) is 0 Å². The fourth-order valence-corrected chi connectivity index (χ4v) is 8.72. The number of benzene rings is 7. The summed E-state index contributed by atoms with van der Waals surface area (Å²) in [6, 6.07) is 51.9. The zero-order valence-electron chi connectivity index (χ0n) is 27.6. The zero-order chi connectivity index (χ0) is 32.3. The Hall–Kier alpha value is -5.80. The zero-order valence-corrected chi connectivity index (χ0v) is 27.6. The molecule has 0 fully saturated rings. The predicted octanol–water partition coefficient (Wildman–Crippen LogP) is 11.9. The van der Waals surface area contributed by atoms with Crippen LogP contribution in [0.2, 0.25) is 0 Å². The Morgan fingerprint density at radius 2 is 0.917 bits per heavy atom. The van der Waals surface area contributed by atoms with Crippen LogP contribution in [0.1, 0.15) is 25.0 Å². The number of hydrogen-bond acceptors (Lipinski definition) is 1. The van der Waals surface area contributed by atoms with Gasteiger partial charge in [0.2, 0.25) is 0 Å². The molecule has 0 radical (unpaired) electrons. The van der Waals surface area contributed by atoms with Gasteiger partial charge in [-0.15, -0.1) is 0 Å². The maximum Gasteiger partial charge on any atom is 0.0543 e. The molecule has 0 saturated heterocycles. The Bertz CT molecular complexity index is 2670. The molecule has 0 N–H and O–H groups in total. The highest BCUT2D eigenvalue weighted by molar-refractivity contribution is 6.13. The van der Waals surface area contributed by atoms with Gasteiger partial charge in [-0.25, -0.2) is 0 Å². The number of para-hydroxylation sites is 2. The topological polar surface area (TPSA) is 13.1 Å². The van der Waals surface area contributed by atoms with Crippen molar-refractivity contribution in [3.63, 3.8) is 0 Å². The van der Waals surface area contributed by atoms with E-state index in [1.807, 2.05) is 0 Å². The summed E-state index contributed by atoms with van der Waals surface area (Å²) in [7, 11) is 4.37. The van der Waals surface area contributed by atoms with Crippen molar-refractivity contribution >= 4 is 71.4 Å². The number of anilines is 3. The standard InChI is InChI=1S/C45H35N3/c1-45(2)37-18-10-7-17-36(37)44-35-16-6-5-15-32(35)43(27-38(44)45)48(28-21-23-33-30-13-8-11-19-39(30)46(3)41(33)25-28)29-22-24-34-31-14-9-12-20-40(31)47(4)42(34)26-29/h5-27H,1-4H3. The van der Waals surface area contributed by atoms with Crippen LogP contribution < -0.4 is 4.90 Å². The van der Waals surface area contributed by atoms with Crippen LogP contribution in [0, 0.1) is 0 Å². The van der Waals surface area contributed by atoms with Crippen LogP contribution in [0.5, 0.6) is 0 Å². The summed E-state index contributed by atoms with van der Waals surface area (Å²) in [6.45, 7) is 4.76. The average Bonchev–Trinajstić information content (AvgIpc) is 3.67. The lowest BCUT2D eigenvalue weighted by Crippen LogP contribution is -2.17. The molecule has 0 aliphatic heterocycles. The van der Waals surface area contributed by atoms with Gasteiger partial charge in [0.15, 0.2) is 0 Å². The Labute approximate surface area is 279 Å². The second kappa shape index (κ2) is 9.62. The number of rotatable bonds is 3. The van der Waals surface area contributed by atoms with Crippen molar-refractivity contribution in [2.24, 2.45) is 14.1 Å². The summed E-state index contributed by atoms with van der Waals surface area (Å²) in [6.07, 6.45) is 0. The normalized spacial score (nSPS) is 13.6. The molecule has 0 amide bonds. The molecule has 2 heterocycles. The van der Waals surface area contributed by atoms with Gasteiger partial charge in [0.25, 0.3) is 0 Å². The van der Waals surface area contributed by atoms with Gasteiger partial charge < -0.3 is 14.0 Å². The van der Waals surface area contributed by atoms with Crippen LogP contribution in [0.15, 0.2) is 140 Å². The SMILES string of the molecule is Cn1c2ccccc2c2ccc(N(c3ccc4c5ccccc5n(C)c4c3)c3cc4c(c5ccccc35)-c3ccccc3C4(C)C)cc21. The summed E-state index contributed by atoms with van der Waals surface area (Å²) in [5.41, 5.74) is 13.8. The highest BCUT2D eigenvalue weighted by Gasteiger charge is 2.37. The summed E-state index contributed by atoms with van der Waals surface area (Å²) >= 11 is 0. The molecule has 9 aromatic rings. The van der Waals surface area contributed by atoms with E-state index in [2.05, 4.69) is 182 Å². The van der Waals surface area contributed by atoms with Crippen LogP contribution in [0.4, 0.5) is 17.1 Å². The average molecular weight is 618 g/mol. The van der Waals surface area contributed by atoms with Crippen LogP contribution >= 0.6 is 0 Å². The van der Waals surface area contributed by atoms with E-state index < -0.39 is 0 Å². The molecule has 0 spiro atoms. The largest absolute Gasteiger partial charge is 0.344 e. The Morgan fingerprint density at radius 3 is 1.52 bits per heavy atom. The minimum atomic E-state index is -0.129. The first kappa shape index (κ1) is 27.3. The lowest BCUT2D eigenvalue weighted by molar-refractivity contribution is 0.661. The molecule has 48 heavy (non-hydrogen) atoms. The molecule has 7 aromatic carbocycles. The number of hydrogen-bond donors (Lipinski definition) is 0. The first-order valence-corrected chi connectivity index (χ1v) is 16.8. The fourth-order valence-electron chi connectivity index (χ4n) is 8.72. The fraction of sp³-hybridized carbons (Fsp3) is 0.111. The first-order valence-electron chi connectivity index (χ1n) is 16.8. The summed E-state index contributed by atoms with van der Waals surface area (Å²) < 4.78 is 4.67. The van der Waals surface area contributed by atoms with Crippen molar-refractivity contribution in [2.75, 3.05) is 4.90 Å². The molecular weight excluding hydrogens is 583 g/mol. The van der Waals surface area contributed by atoms with Crippen LogP contribution in [-0.2, 0) is 19.5 Å². The van der Waals surface area contributed by atoms with Gasteiger partial charge >= 0.3 is 0 Å². The molecule has 10 rings (SSSR count). The Morgan fingerprint density at radius 1 is 0.438 bits per heavy atom. The highest BCUT2D eigenvalue weighted by atomic mass is 15.1. The van der Waals surface area contributed by atoms with Gasteiger partial charge in [-0.2, -0.15) is 0 Å². The van der Waals surface area contributed by atoms with Gasteiger partial charge in [0.05, 0.1) is 16.7 Å². The molecule has 3 nitrogen and oxygen atoms in total. The van der Waals surface area contributed by atoms with Crippen molar-refractivity contribution in [3.05, 3.63) is 151 Å². The second-order valence-electron chi connectivity index (χ2n) is 13.9. The second-order valence-corrected chi connectivity index (χ2v) is 13.9. The lowest BCUT2D eigenvalue weighted by atomic mass is 9.81. The Balaban J connectivity index is 1.31. The molecule has 0 bridgehead atoms. The maximum atomic E-state index is 2.50. The lowest BCUT2D eigenvalue weighted by Gasteiger charge is -2.30. The Kier molecular flexibility index (Phi) is 5.48. The molecule has 0 unspecified atom stereocenters. The third kappa shape index (κ3) is 3.53. The molecule has 0 atom stereocenters. The number of nitrogens with zero attached hydrogens (tertiary/aromatic N) is 3. The van der Waals surface area contributed by atoms with E-state index in [4.69, 9.17) is 0 Å². The minimum Gasteiger partial charge on any atom is -0.344 e. The van der Waals surface area contributed by atoms with Crippen molar-refractivity contribution in [1.29, 1.82) is 0 Å². The molecule has 1 aliphatic rings. The van der Waals surface area contributed by atoms with E-state index >= 15 is 0 Å². The smallest absolute Gasteiger partial charge is 0.0543 e. The van der Waals surface area contributed by atoms with Crippen LogP contribution in [-0.4, -0.2) is 9.13 Å². The van der Waals surface area contributed by atoms with Crippen molar-refractivity contribution in [3.8, 4) is 11.1 Å². The summed E-state index contributed by atoms with van der Waals surface area (Å²) in [4.78, 5) is 2.50.